The third kappa shape index (κ3) is 4.98. The first kappa shape index (κ1) is 26.5. The molecule has 3 aromatic carbocycles. The number of likely N-dealkylation sites (N-methyl/N-ethyl adjacent to an activating group) is 1. The molecule has 2 atom stereocenters. The van der Waals surface area contributed by atoms with Crippen molar-refractivity contribution in [2.24, 2.45) is 5.92 Å². The number of nitrogens with zero attached hydrogens (tertiary/aromatic N) is 2. The van der Waals surface area contributed by atoms with E-state index in [2.05, 4.69) is 23.3 Å². The molecule has 0 radical (unpaired) electrons. The number of carbonyl (C=O) groups excluding carboxylic acids is 2. The predicted octanol–water partition coefficient (Wildman–Crippen LogP) is 5.44. The van der Waals surface area contributed by atoms with E-state index in [0.29, 0.717) is 5.56 Å². The Morgan fingerprint density at radius 2 is 1.62 bits per heavy atom. The van der Waals surface area contributed by atoms with Crippen LogP contribution in [0.5, 0.6) is 0 Å². The monoisotopic (exact) mass is 535 g/mol. The van der Waals surface area contributed by atoms with Crippen LogP contribution < -0.4 is 5.32 Å². The summed E-state index contributed by atoms with van der Waals surface area (Å²) >= 11 is 0. The van der Waals surface area contributed by atoms with E-state index in [1.807, 2.05) is 77.4 Å². The SMILES string of the molecule is CN1CCc2c(n(C(=O)c3ccc(C(C(=O)NC(CO)c4ccccc4)C4CCCC4)cc3)c3ccccc23)C1. The average molecular weight is 536 g/mol. The number of aliphatic hydroxyl groups excluding tert-OH is 1. The van der Waals surface area contributed by atoms with E-state index in [0.717, 1.165) is 72.9 Å². The van der Waals surface area contributed by atoms with E-state index in [1.54, 1.807) is 0 Å². The molecule has 2 heterocycles. The van der Waals surface area contributed by atoms with Gasteiger partial charge in [0.05, 0.1) is 24.1 Å². The standard InChI is InChI=1S/C34H37N3O3/c1-36-20-19-28-27-13-7-8-14-30(27)37(31(28)21-36)34(40)26-17-15-25(16-18-26)32(24-11-5-6-12-24)33(39)35-29(22-38)23-9-3-2-4-10-23/h2-4,7-10,13-18,24,29,32,38H,5-6,11-12,19-22H2,1H3,(H,35,39). The first-order chi connectivity index (χ1) is 19.5. The highest BCUT2D eigenvalue weighted by Gasteiger charge is 2.33. The van der Waals surface area contributed by atoms with E-state index in [1.165, 1.54) is 5.56 Å². The summed E-state index contributed by atoms with van der Waals surface area (Å²) in [6.07, 6.45) is 5.17. The third-order valence-corrected chi connectivity index (χ3v) is 8.83. The zero-order chi connectivity index (χ0) is 27.6. The molecule has 0 bridgehead atoms. The maximum absolute atomic E-state index is 13.9. The lowest BCUT2D eigenvalue weighted by Gasteiger charge is -2.26. The number of amides is 1. The number of carbonyl (C=O) groups is 2. The molecule has 0 saturated heterocycles. The van der Waals surface area contributed by atoms with Gasteiger partial charge in [0.15, 0.2) is 0 Å². The van der Waals surface area contributed by atoms with Crippen LogP contribution in [0.25, 0.3) is 10.9 Å². The minimum atomic E-state index is -0.454. The van der Waals surface area contributed by atoms with Crippen LogP contribution >= 0.6 is 0 Å². The minimum absolute atomic E-state index is 0.0365. The molecule has 0 spiro atoms. The maximum Gasteiger partial charge on any atom is 0.262 e. The number of benzene rings is 3. The molecule has 1 aliphatic heterocycles. The highest BCUT2D eigenvalue weighted by Crippen LogP contribution is 2.38. The Hall–Kier alpha value is -3.74. The summed E-state index contributed by atoms with van der Waals surface area (Å²) < 4.78 is 1.89. The summed E-state index contributed by atoms with van der Waals surface area (Å²) in [5.41, 5.74) is 5.72. The summed E-state index contributed by atoms with van der Waals surface area (Å²) in [6, 6.07) is 25.0. The van der Waals surface area contributed by atoms with Gasteiger partial charge < -0.3 is 15.3 Å². The number of nitrogens with one attached hydrogen (secondary N) is 1. The van der Waals surface area contributed by atoms with Gasteiger partial charge in [-0.2, -0.15) is 0 Å². The summed E-state index contributed by atoms with van der Waals surface area (Å²) in [5.74, 6) is -0.182. The minimum Gasteiger partial charge on any atom is -0.394 e. The van der Waals surface area contributed by atoms with Gasteiger partial charge in [-0.1, -0.05) is 73.5 Å². The molecule has 2 aliphatic rings. The van der Waals surface area contributed by atoms with Crippen LogP contribution in [-0.4, -0.2) is 46.6 Å². The zero-order valence-electron chi connectivity index (χ0n) is 23.1. The number of aliphatic hydroxyl groups is 1. The van der Waals surface area contributed by atoms with Crippen molar-refractivity contribution in [1.29, 1.82) is 0 Å². The lowest BCUT2D eigenvalue weighted by molar-refractivity contribution is -0.124. The van der Waals surface area contributed by atoms with Gasteiger partial charge in [-0.05, 0) is 67.1 Å². The first-order valence-corrected chi connectivity index (χ1v) is 14.5. The van der Waals surface area contributed by atoms with Crippen molar-refractivity contribution in [3.8, 4) is 0 Å². The Kier molecular flexibility index (Phi) is 7.55. The largest absolute Gasteiger partial charge is 0.394 e. The van der Waals surface area contributed by atoms with E-state index in [-0.39, 0.29) is 30.3 Å². The van der Waals surface area contributed by atoms with Crippen LogP contribution in [0.2, 0.25) is 0 Å². The Morgan fingerprint density at radius 1 is 0.925 bits per heavy atom. The molecule has 40 heavy (non-hydrogen) atoms. The molecule has 1 aliphatic carbocycles. The Bertz CT molecular complexity index is 1500. The Labute approximate surface area is 235 Å². The van der Waals surface area contributed by atoms with Crippen LogP contribution in [-0.2, 0) is 17.8 Å². The Balaban J connectivity index is 1.30. The van der Waals surface area contributed by atoms with Gasteiger partial charge in [0, 0.05) is 29.7 Å². The van der Waals surface area contributed by atoms with Gasteiger partial charge >= 0.3 is 0 Å². The van der Waals surface area contributed by atoms with Crippen molar-refractivity contribution in [3.63, 3.8) is 0 Å². The maximum atomic E-state index is 13.9. The van der Waals surface area contributed by atoms with Crippen LogP contribution in [0.4, 0.5) is 0 Å². The zero-order valence-corrected chi connectivity index (χ0v) is 23.1. The van der Waals surface area contributed by atoms with E-state index < -0.39 is 6.04 Å². The van der Waals surface area contributed by atoms with Crippen molar-refractivity contribution < 1.29 is 14.7 Å². The second-order valence-corrected chi connectivity index (χ2v) is 11.4. The van der Waals surface area contributed by atoms with Gasteiger partial charge in [0.25, 0.3) is 5.91 Å². The smallest absolute Gasteiger partial charge is 0.262 e. The number of aromatic nitrogens is 1. The predicted molar refractivity (Wildman–Crippen MR) is 157 cm³/mol. The van der Waals surface area contributed by atoms with E-state index in [9.17, 15) is 14.7 Å². The van der Waals surface area contributed by atoms with E-state index >= 15 is 0 Å². The molecule has 6 heteroatoms. The molecule has 1 saturated carbocycles. The number of fused-ring (bicyclic) bond motifs is 3. The molecule has 6 rings (SSSR count). The first-order valence-electron chi connectivity index (χ1n) is 14.5. The van der Waals surface area contributed by atoms with Gasteiger partial charge in [0.1, 0.15) is 0 Å². The molecule has 2 unspecified atom stereocenters. The van der Waals surface area contributed by atoms with Gasteiger partial charge in [-0.25, -0.2) is 0 Å². The molecule has 206 valence electrons. The molecule has 6 nitrogen and oxygen atoms in total. The molecular weight excluding hydrogens is 498 g/mol. The summed E-state index contributed by atoms with van der Waals surface area (Å²) in [6.45, 7) is 1.56. The average Bonchev–Trinajstić information content (AvgIpc) is 3.63. The van der Waals surface area contributed by atoms with Crippen molar-refractivity contribution in [3.05, 3.63) is 107 Å². The van der Waals surface area contributed by atoms with Crippen LogP contribution in [0.15, 0.2) is 78.9 Å². The van der Waals surface area contributed by atoms with Crippen molar-refractivity contribution in [1.82, 2.24) is 14.8 Å². The summed E-state index contributed by atoms with van der Waals surface area (Å²) in [4.78, 5) is 29.9. The van der Waals surface area contributed by atoms with Crippen molar-refractivity contribution in [2.75, 3.05) is 20.2 Å². The topological polar surface area (TPSA) is 74.6 Å². The van der Waals surface area contributed by atoms with Crippen LogP contribution in [0.1, 0.15) is 70.4 Å². The van der Waals surface area contributed by atoms with E-state index in [4.69, 9.17) is 0 Å². The fourth-order valence-corrected chi connectivity index (χ4v) is 6.75. The Morgan fingerprint density at radius 3 is 2.35 bits per heavy atom. The number of para-hydroxylation sites is 1. The lowest BCUT2D eigenvalue weighted by atomic mass is 9.83. The fourth-order valence-electron chi connectivity index (χ4n) is 6.75. The molecule has 4 aromatic rings. The van der Waals surface area contributed by atoms with Gasteiger partial charge in [0.2, 0.25) is 5.91 Å². The molecule has 1 fully saturated rings. The highest BCUT2D eigenvalue weighted by atomic mass is 16.3. The lowest BCUT2D eigenvalue weighted by Crippen LogP contribution is -2.37. The highest BCUT2D eigenvalue weighted by molar-refractivity contribution is 6.04. The van der Waals surface area contributed by atoms with Crippen molar-refractivity contribution in [2.45, 2.75) is 50.6 Å². The summed E-state index contributed by atoms with van der Waals surface area (Å²) in [5, 5.41) is 14.3. The quantitative estimate of drug-likeness (QED) is 0.331. The summed E-state index contributed by atoms with van der Waals surface area (Å²) in [7, 11) is 2.09. The third-order valence-electron chi connectivity index (χ3n) is 8.83. The van der Waals surface area contributed by atoms with Gasteiger partial charge in [-0.15, -0.1) is 0 Å². The number of hydrogen-bond acceptors (Lipinski definition) is 4. The van der Waals surface area contributed by atoms with Crippen LogP contribution in [0.3, 0.4) is 0 Å². The molecule has 2 N–H and O–H groups in total. The second kappa shape index (κ2) is 11.4. The van der Waals surface area contributed by atoms with Crippen LogP contribution in [0, 0.1) is 5.92 Å². The molecule has 1 aromatic heterocycles. The molecular formula is C34H37N3O3. The van der Waals surface area contributed by atoms with Gasteiger partial charge in [-0.3, -0.25) is 14.2 Å². The normalized spacial score (nSPS) is 17.4. The fraction of sp³-hybridized carbons (Fsp3) is 0.353. The van der Waals surface area contributed by atoms with Crippen molar-refractivity contribution >= 4 is 22.7 Å². The number of hydrogen-bond donors (Lipinski definition) is 2. The molecule has 1 amide bonds. The number of rotatable bonds is 7. The second-order valence-electron chi connectivity index (χ2n) is 11.4.